The van der Waals surface area contributed by atoms with Gasteiger partial charge in [0.15, 0.2) is 5.16 Å². The average molecular weight is 445 g/mol. The number of nitrogens with zero attached hydrogens (tertiary/aromatic N) is 3. The van der Waals surface area contributed by atoms with Crippen molar-refractivity contribution in [2.24, 2.45) is 0 Å². The molecule has 0 bridgehead atoms. The molecule has 5 nitrogen and oxygen atoms in total. The Morgan fingerprint density at radius 2 is 1.81 bits per heavy atom. The van der Waals surface area contributed by atoms with Gasteiger partial charge in [-0.2, -0.15) is 0 Å². The van der Waals surface area contributed by atoms with Gasteiger partial charge in [0.05, 0.1) is 5.75 Å². The molecule has 0 radical (unpaired) electrons. The largest absolute Gasteiger partial charge is 0.325 e. The summed E-state index contributed by atoms with van der Waals surface area (Å²) in [6.07, 6.45) is 0. The SMILES string of the molecule is Cc1ccc(-n2c(C)nnc2SCC(=O)Nc2ccc(Br)cc2C)cc1C. The number of hydrogen-bond donors (Lipinski definition) is 1. The van der Waals surface area contributed by atoms with Gasteiger partial charge in [0.25, 0.3) is 0 Å². The lowest BCUT2D eigenvalue weighted by Crippen LogP contribution is -2.15. The Labute approximate surface area is 171 Å². The van der Waals surface area contributed by atoms with Gasteiger partial charge < -0.3 is 5.32 Å². The summed E-state index contributed by atoms with van der Waals surface area (Å²) in [5.74, 6) is 0.987. The molecule has 0 aliphatic carbocycles. The molecule has 1 aromatic heterocycles. The maximum atomic E-state index is 12.4. The molecule has 0 aliphatic heterocycles. The van der Waals surface area contributed by atoms with E-state index in [4.69, 9.17) is 0 Å². The summed E-state index contributed by atoms with van der Waals surface area (Å²) >= 11 is 4.81. The van der Waals surface area contributed by atoms with E-state index >= 15 is 0 Å². The highest BCUT2D eigenvalue weighted by atomic mass is 79.9. The van der Waals surface area contributed by atoms with Gasteiger partial charge in [-0.15, -0.1) is 10.2 Å². The lowest BCUT2D eigenvalue weighted by molar-refractivity contribution is -0.113. The van der Waals surface area contributed by atoms with Crippen LogP contribution in [0.3, 0.4) is 0 Å². The molecule has 0 unspecified atom stereocenters. The van der Waals surface area contributed by atoms with Crippen LogP contribution >= 0.6 is 27.7 Å². The second-order valence-electron chi connectivity index (χ2n) is 6.43. The van der Waals surface area contributed by atoms with Gasteiger partial charge in [-0.3, -0.25) is 9.36 Å². The molecule has 0 fully saturated rings. The number of aryl methyl sites for hydroxylation is 4. The van der Waals surface area contributed by atoms with E-state index in [0.29, 0.717) is 5.16 Å². The third-order valence-corrected chi connectivity index (χ3v) is 5.76. The number of rotatable bonds is 5. The van der Waals surface area contributed by atoms with Crippen LogP contribution in [0.15, 0.2) is 46.0 Å². The van der Waals surface area contributed by atoms with Gasteiger partial charge in [-0.05, 0) is 74.7 Å². The Hall–Kier alpha value is -2.12. The molecule has 3 rings (SSSR count). The first-order chi connectivity index (χ1) is 12.8. The second kappa shape index (κ2) is 8.27. The van der Waals surface area contributed by atoms with E-state index in [9.17, 15) is 4.79 Å². The van der Waals surface area contributed by atoms with Crippen molar-refractivity contribution >= 4 is 39.3 Å². The van der Waals surface area contributed by atoms with Gasteiger partial charge >= 0.3 is 0 Å². The molecular formula is C20H21BrN4OS. The van der Waals surface area contributed by atoms with E-state index in [1.165, 1.54) is 22.9 Å². The third kappa shape index (κ3) is 4.59. The monoisotopic (exact) mass is 444 g/mol. The van der Waals surface area contributed by atoms with Gasteiger partial charge in [0.1, 0.15) is 5.82 Å². The van der Waals surface area contributed by atoms with Crippen molar-refractivity contribution in [1.82, 2.24) is 14.8 Å². The predicted molar refractivity (Wildman–Crippen MR) is 114 cm³/mol. The Bertz CT molecular complexity index is 1000. The molecule has 0 saturated carbocycles. The van der Waals surface area contributed by atoms with E-state index in [0.717, 1.165) is 27.2 Å². The first-order valence-electron chi connectivity index (χ1n) is 8.53. The lowest BCUT2D eigenvalue weighted by Gasteiger charge is -2.11. The second-order valence-corrected chi connectivity index (χ2v) is 8.29. The quantitative estimate of drug-likeness (QED) is 0.562. The molecule has 0 atom stereocenters. The number of carbonyl (C=O) groups is 1. The Morgan fingerprint density at radius 3 is 2.52 bits per heavy atom. The summed E-state index contributed by atoms with van der Waals surface area (Å²) < 4.78 is 2.97. The van der Waals surface area contributed by atoms with E-state index in [1.54, 1.807) is 0 Å². The van der Waals surface area contributed by atoms with E-state index in [1.807, 2.05) is 42.7 Å². The summed E-state index contributed by atoms with van der Waals surface area (Å²) in [7, 11) is 0. The molecule has 0 spiro atoms. The number of carbonyl (C=O) groups excluding carboxylic acids is 1. The fourth-order valence-electron chi connectivity index (χ4n) is 2.68. The zero-order valence-corrected chi connectivity index (χ0v) is 18.1. The van der Waals surface area contributed by atoms with Crippen molar-refractivity contribution in [2.45, 2.75) is 32.9 Å². The first kappa shape index (κ1) is 19.6. The summed E-state index contributed by atoms with van der Waals surface area (Å²) in [4.78, 5) is 12.4. The molecule has 3 aromatic rings. The van der Waals surface area contributed by atoms with Gasteiger partial charge in [-0.1, -0.05) is 33.8 Å². The summed E-state index contributed by atoms with van der Waals surface area (Å²) in [5.41, 5.74) is 5.28. The van der Waals surface area contributed by atoms with Crippen molar-refractivity contribution in [2.75, 3.05) is 11.1 Å². The standard InChI is InChI=1S/C20H21BrN4OS/c1-12-5-7-17(10-13(12)2)25-15(4)23-24-20(25)27-11-19(26)22-18-8-6-16(21)9-14(18)3/h5-10H,11H2,1-4H3,(H,22,26). The molecule has 2 aromatic carbocycles. The number of aromatic nitrogens is 3. The number of nitrogens with one attached hydrogen (secondary N) is 1. The van der Waals surface area contributed by atoms with Crippen LogP contribution in [0.4, 0.5) is 5.69 Å². The summed E-state index contributed by atoms with van der Waals surface area (Å²) in [6.45, 7) is 8.05. The van der Waals surface area contributed by atoms with Crippen LogP contribution in [-0.4, -0.2) is 26.4 Å². The first-order valence-corrected chi connectivity index (χ1v) is 10.3. The third-order valence-electron chi connectivity index (χ3n) is 4.34. The van der Waals surface area contributed by atoms with Crippen molar-refractivity contribution < 1.29 is 4.79 Å². The van der Waals surface area contributed by atoms with E-state index in [2.05, 4.69) is 57.4 Å². The van der Waals surface area contributed by atoms with Crippen molar-refractivity contribution in [3.63, 3.8) is 0 Å². The molecule has 140 valence electrons. The Balaban J connectivity index is 1.73. The number of halogens is 1. The van der Waals surface area contributed by atoms with Gasteiger partial charge in [0, 0.05) is 15.8 Å². The molecule has 7 heteroatoms. The molecular weight excluding hydrogens is 424 g/mol. The molecule has 27 heavy (non-hydrogen) atoms. The highest BCUT2D eigenvalue weighted by Crippen LogP contribution is 2.24. The minimum absolute atomic E-state index is 0.0716. The number of thioether (sulfide) groups is 1. The fraction of sp³-hybridized carbons (Fsp3) is 0.250. The molecule has 0 aliphatic rings. The van der Waals surface area contributed by atoms with Gasteiger partial charge in [-0.25, -0.2) is 0 Å². The van der Waals surface area contributed by atoms with E-state index < -0.39 is 0 Å². The Kier molecular flexibility index (Phi) is 6.01. The van der Waals surface area contributed by atoms with Crippen molar-refractivity contribution in [3.8, 4) is 5.69 Å². The lowest BCUT2D eigenvalue weighted by atomic mass is 10.1. The van der Waals surface area contributed by atoms with Crippen LogP contribution in [0, 0.1) is 27.7 Å². The van der Waals surface area contributed by atoms with Crippen LogP contribution in [-0.2, 0) is 4.79 Å². The molecule has 0 saturated heterocycles. The van der Waals surface area contributed by atoms with Crippen LogP contribution in [0.25, 0.3) is 5.69 Å². The Morgan fingerprint density at radius 1 is 1.04 bits per heavy atom. The minimum Gasteiger partial charge on any atom is -0.325 e. The summed E-state index contributed by atoms with van der Waals surface area (Å²) in [6, 6.07) is 12.0. The van der Waals surface area contributed by atoms with Crippen LogP contribution in [0.5, 0.6) is 0 Å². The average Bonchev–Trinajstić information content (AvgIpc) is 2.99. The maximum Gasteiger partial charge on any atom is 0.234 e. The predicted octanol–water partition coefficient (Wildman–Crippen LogP) is 4.99. The fourth-order valence-corrected chi connectivity index (χ4v) is 3.96. The number of hydrogen-bond acceptors (Lipinski definition) is 4. The molecule has 1 heterocycles. The minimum atomic E-state index is -0.0716. The number of anilines is 1. The number of benzene rings is 2. The highest BCUT2D eigenvalue weighted by Gasteiger charge is 2.14. The molecule has 1 N–H and O–H groups in total. The number of amides is 1. The van der Waals surface area contributed by atoms with Crippen LogP contribution < -0.4 is 5.32 Å². The van der Waals surface area contributed by atoms with Crippen LogP contribution in [0.2, 0.25) is 0 Å². The normalized spacial score (nSPS) is 10.9. The van der Waals surface area contributed by atoms with Crippen molar-refractivity contribution in [3.05, 3.63) is 63.4 Å². The topological polar surface area (TPSA) is 59.8 Å². The summed E-state index contributed by atoms with van der Waals surface area (Å²) in [5, 5.41) is 12.1. The maximum absolute atomic E-state index is 12.4. The van der Waals surface area contributed by atoms with E-state index in [-0.39, 0.29) is 11.7 Å². The highest BCUT2D eigenvalue weighted by molar-refractivity contribution is 9.10. The zero-order chi connectivity index (χ0) is 19.6. The van der Waals surface area contributed by atoms with Gasteiger partial charge in [0.2, 0.25) is 5.91 Å². The molecule has 1 amide bonds. The smallest absolute Gasteiger partial charge is 0.234 e. The van der Waals surface area contributed by atoms with Crippen LogP contribution in [0.1, 0.15) is 22.5 Å². The van der Waals surface area contributed by atoms with Crippen molar-refractivity contribution in [1.29, 1.82) is 0 Å². The zero-order valence-electron chi connectivity index (χ0n) is 15.7.